The second-order valence-corrected chi connectivity index (χ2v) is 9.60. The van der Waals surface area contributed by atoms with Crippen molar-refractivity contribution in [1.29, 1.82) is 0 Å². The number of hydrogen-bond acceptors (Lipinski definition) is 6. The topological polar surface area (TPSA) is 143 Å². The first-order valence-electron chi connectivity index (χ1n) is 11.9. The highest BCUT2D eigenvalue weighted by atomic mass is 16.2. The first kappa shape index (κ1) is 22.2. The lowest BCUT2D eigenvalue weighted by Gasteiger charge is -2.40. The Balaban J connectivity index is 1.26. The Bertz CT molecular complexity index is 1100. The van der Waals surface area contributed by atoms with E-state index in [-0.39, 0.29) is 24.0 Å². The number of carbonyl (C=O) groups excluding carboxylic acids is 3. The Morgan fingerprint density at radius 1 is 0.882 bits per heavy atom. The molecule has 0 radical (unpaired) electrons. The van der Waals surface area contributed by atoms with Crippen molar-refractivity contribution in [3.63, 3.8) is 0 Å². The number of carbonyl (C=O) groups is 3. The van der Waals surface area contributed by atoms with Gasteiger partial charge in [-0.3, -0.25) is 14.4 Å². The SMILES string of the molecule is NC(=O)c1ccc(N2C3CCC2CC(NC(=O)c2ccc(C(N)=O)c(NC4CCC4)c2)C3)nc1. The third-order valence-electron chi connectivity index (χ3n) is 7.38. The van der Waals surface area contributed by atoms with Crippen LogP contribution in [0.1, 0.15) is 76.0 Å². The number of hydrogen-bond donors (Lipinski definition) is 4. The van der Waals surface area contributed by atoms with Crippen molar-refractivity contribution in [2.75, 3.05) is 10.2 Å². The summed E-state index contributed by atoms with van der Waals surface area (Å²) in [5.41, 5.74) is 12.8. The van der Waals surface area contributed by atoms with Crippen LogP contribution in [0.25, 0.3) is 0 Å². The average Bonchev–Trinajstić information content (AvgIpc) is 3.06. The summed E-state index contributed by atoms with van der Waals surface area (Å²) < 4.78 is 0. The molecule has 1 saturated carbocycles. The van der Waals surface area contributed by atoms with E-state index in [0.717, 1.165) is 50.8 Å². The number of aromatic nitrogens is 1. The molecule has 9 nitrogen and oxygen atoms in total. The molecule has 1 aromatic heterocycles. The number of amides is 3. The zero-order chi connectivity index (χ0) is 23.8. The van der Waals surface area contributed by atoms with Gasteiger partial charge in [0.2, 0.25) is 5.91 Å². The summed E-state index contributed by atoms with van der Waals surface area (Å²) in [6, 6.07) is 9.54. The van der Waals surface area contributed by atoms with Crippen molar-refractivity contribution < 1.29 is 14.4 Å². The van der Waals surface area contributed by atoms with Crippen LogP contribution in [0.4, 0.5) is 11.5 Å². The van der Waals surface area contributed by atoms with E-state index in [1.807, 2.05) is 6.07 Å². The molecular formula is C25H30N6O3. The summed E-state index contributed by atoms with van der Waals surface area (Å²) in [6.07, 6.45) is 8.53. The van der Waals surface area contributed by atoms with Crippen LogP contribution in [0.3, 0.4) is 0 Å². The highest BCUT2D eigenvalue weighted by Crippen LogP contribution is 2.38. The number of nitrogens with zero attached hydrogens (tertiary/aromatic N) is 2. The van der Waals surface area contributed by atoms with Crippen LogP contribution in [0.2, 0.25) is 0 Å². The fraction of sp³-hybridized carbons (Fsp3) is 0.440. The summed E-state index contributed by atoms with van der Waals surface area (Å²) in [5, 5.41) is 6.56. The normalized spacial score (nSPS) is 23.8. The number of primary amides is 2. The van der Waals surface area contributed by atoms with E-state index in [9.17, 15) is 14.4 Å². The quantitative estimate of drug-likeness (QED) is 0.496. The van der Waals surface area contributed by atoms with Gasteiger partial charge in [-0.15, -0.1) is 0 Å². The van der Waals surface area contributed by atoms with E-state index in [4.69, 9.17) is 11.5 Å². The van der Waals surface area contributed by atoms with E-state index >= 15 is 0 Å². The third-order valence-corrected chi connectivity index (χ3v) is 7.38. The monoisotopic (exact) mass is 462 g/mol. The second kappa shape index (κ2) is 8.96. The maximum absolute atomic E-state index is 13.1. The lowest BCUT2D eigenvalue weighted by molar-refractivity contribution is 0.0924. The van der Waals surface area contributed by atoms with Crippen LogP contribution in [-0.4, -0.2) is 46.9 Å². The number of pyridine rings is 1. The molecule has 2 aliphatic heterocycles. The zero-order valence-electron chi connectivity index (χ0n) is 19.0. The van der Waals surface area contributed by atoms with Gasteiger partial charge in [-0.2, -0.15) is 0 Å². The maximum Gasteiger partial charge on any atom is 0.251 e. The predicted molar refractivity (Wildman–Crippen MR) is 129 cm³/mol. The number of fused-ring (bicyclic) bond motifs is 2. The van der Waals surface area contributed by atoms with E-state index in [0.29, 0.717) is 28.4 Å². The Morgan fingerprint density at radius 2 is 1.59 bits per heavy atom. The molecule has 3 aliphatic rings. The highest BCUT2D eigenvalue weighted by Gasteiger charge is 2.41. The van der Waals surface area contributed by atoms with Gasteiger partial charge in [0, 0.05) is 41.6 Å². The molecule has 2 aromatic rings. The molecule has 3 amide bonds. The number of nitrogens with two attached hydrogens (primary N) is 2. The van der Waals surface area contributed by atoms with Crippen LogP contribution in [0, 0.1) is 0 Å². The Kier molecular flexibility index (Phi) is 5.85. The molecule has 0 spiro atoms. The standard InChI is InChI=1S/C25H30N6O3/c26-23(32)15-5-9-22(28-13-15)31-18-6-7-19(31)12-17(11-18)30-25(34)14-4-8-20(24(27)33)21(10-14)29-16-2-1-3-16/h4-5,8-10,13,16-19,29H,1-3,6-7,11-12H2,(H2,26,32)(H2,27,33)(H,30,34). The minimum atomic E-state index is -0.504. The molecule has 9 heteroatoms. The third kappa shape index (κ3) is 4.30. The van der Waals surface area contributed by atoms with Crippen molar-refractivity contribution in [3.05, 3.63) is 53.2 Å². The van der Waals surface area contributed by atoms with Crippen LogP contribution >= 0.6 is 0 Å². The van der Waals surface area contributed by atoms with E-state index < -0.39 is 11.8 Å². The summed E-state index contributed by atoms with van der Waals surface area (Å²) in [7, 11) is 0. The smallest absolute Gasteiger partial charge is 0.251 e. The molecule has 2 atom stereocenters. The fourth-order valence-electron chi connectivity index (χ4n) is 5.41. The van der Waals surface area contributed by atoms with Crippen LogP contribution in [0.15, 0.2) is 36.5 Å². The van der Waals surface area contributed by atoms with Crippen molar-refractivity contribution in [2.45, 2.75) is 69.1 Å². The molecule has 6 N–H and O–H groups in total. The van der Waals surface area contributed by atoms with Gasteiger partial charge in [0.25, 0.3) is 11.8 Å². The molecule has 3 fully saturated rings. The Labute approximate surface area is 198 Å². The van der Waals surface area contributed by atoms with Gasteiger partial charge in [-0.25, -0.2) is 4.98 Å². The van der Waals surface area contributed by atoms with Gasteiger partial charge in [0.15, 0.2) is 0 Å². The van der Waals surface area contributed by atoms with Crippen LogP contribution in [-0.2, 0) is 0 Å². The minimum absolute atomic E-state index is 0.0602. The summed E-state index contributed by atoms with van der Waals surface area (Å²) in [6.45, 7) is 0. The first-order chi connectivity index (χ1) is 16.4. The highest BCUT2D eigenvalue weighted by molar-refractivity contribution is 6.02. The number of benzene rings is 1. The largest absolute Gasteiger partial charge is 0.382 e. The summed E-state index contributed by atoms with van der Waals surface area (Å²) in [5.74, 6) is -0.293. The molecule has 178 valence electrons. The molecule has 5 rings (SSSR count). The number of rotatable bonds is 7. The molecule has 1 aromatic carbocycles. The summed E-state index contributed by atoms with van der Waals surface area (Å²) >= 11 is 0. The molecule has 2 saturated heterocycles. The molecule has 3 heterocycles. The van der Waals surface area contributed by atoms with E-state index in [1.54, 1.807) is 24.3 Å². The lowest BCUT2D eigenvalue weighted by atomic mass is 9.92. The van der Waals surface area contributed by atoms with Gasteiger partial charge in [0.05, 0.1) is 11.1 Å². The Hall–Kier alpha value is -3.62. The van der Waals surface area contributed by atoms with Gasteiger partial charge in [-0.1, -0.05) is 0 Å². The number of nitrogens with one attached hydrogen (secondary N) is 2. The minimum Gasteiger partial charge on any atom is -0.382 e. The van der Waals surface area contributed by atoms with Gasteiger partial charge in [0.1, 0.15) is 5.82 Å². The fourth-order valence-corrected chi connectivity index (χ4v) is 5.41. The van der Waals surface area contributed by atoms with Crippen LogP contribution in [0.5, 0.6) is 0 Å². The van der Waals surface area contributed by atoms with Crippen molar-refractivity contribution in [2.24, 2.45) is 11.5 Å². The molecule has 2 unspecified atom stereocenters. The first-order valence-corrected chi connectivity index (χ1v) is 11.9. The number of anilines is 2. The van der Waals surface area contributed by atoms with Gasteiger partial charge < -0.3 is 27.0 Å². The second-order valence-electron chi connectivity index (χ2n) is 9.60. The van der Waals surface area contributed by atoms with Crippen molar-refractivity contribution in [1.82, 2.24) is 10.3 Å². The van der Waals surface area contributed by atoms with Gasteiger partial charge in [-0.05, 0) is 75.3 Å². The maximum atomic E-state index is 13.1. The molecule has 1 aliphatic carbocycles. The number of piperidine rings is 1. The summed E-state index contributed by atoms with van der Waals surface area (Å²) in [4.78, 5) is 43.0. The van der Waals surface area contributed by atoms with Crippen molar-refractivity contribution in [3.8, 4) is 0 Å². The Morgan fingerprint density at radius 3 is 2.15 bits per heavy atom. The van der Waals surface area contributed by atoms with E-state index in [2.05, 4.69) is 20.5 Å². The van der Waals surface area contributed by atoms with E-state index in [1.165, 1.54) is 6.20 Å². The average molecular weight is 463 g/mol. The molecular weight excluding hydrogens is 432 g/mol. The predicted octanol–water partition coefficient (Wildman–Crippen LogP) is 2.17. The lowest BCUT2D eigenvalue weighted by Crippen LogP contribution is -2.50. The van der Waals surface area contributed by atoms with Crippen LogP contribution < -0.4 is 27.0 Å². The van der Waals surface area contributed by atoms with Crippen molar-refractivity contribution >= 4 is 29.2 Å². The van der Waals surface area contributed by atoms with Gasteiger partial charge >= 0.3 is 0 Å². The molecule has 34 heavy (non-hydrogen) atoms. The molecule has 2 bridgehead atoms. The zero-order valence-corrected chi connectivity index (χ0v) is 19.0.